The lowest BCUT2D eigenvalue weighted by molar-refractivity contribution is -0.109. The molecule has 0 aromatic rings. The average molecular weight is 221 g/mol. The zero-order valence-electron chi connectivity index (χ0n) is 9.43. The molecule has 16 heavy (non-hydrogen) atoms. The van der Waals surface area contributed by atoms with Crippen molar-refractivity contribution in [2.75, 3.05) is 26.3 Å². The zero-order chi connectivity index (χ0) is 11.2. The van der Waals surface area contributed by atoms with Crippen molar-refractivity contribution in [2.45, 2.75) is 18.0 Å². The van der Waals surface area contributed by atoms with Crippen LogP contribution < -0.4 is 11.5 Å². The Hall–Kier alpha value is -0.840. The predicted molar refractivity (Wildman–Crippen MR) is 62.6 cm³/mol. The highest BCUT2D eigenvalue weighted by Crippen LogP contribution is 2.34. The third-order valence-corrected chi connectivity index (χ3v) is 4.03. The van der Waals surface area contributed by atoms with E-state index in [0.29, 0.717) is 12.0 Å². The van der Waals surface area contributed by atoms with Gasteiger partial charge in [-0.15, -0.1) is 0 Å². The number of rotatable bonds is 2. The van der Waals surface area contributed by atoms with Crippen LogP contribution in [0.15, 0.2) is 23.9 Å². The van der Waals surface area contributed by atoms with E-state index in [9.17, 15) is 0 Å². The molecule has 4 nitrogen and oxygen atoms in total. The molecule has 1 unspecified atom stereocenters. The topological polar surface area (TPSA) is 64.5 Å². The van der Waals surface area contributed by atoms with Crippen molar-refractivity contribution in [1.29, 1.82) is 0 Å². The van der Waals surface area contributed by atoms with Gasteiger partial charge in [0.05, 0.1) is 19.3 Å². The van der Waals surface area contributed by atoms with Gasteiger partial charge in [0.2, 0.25) is 0 Å². The van der Waals surface area contributed by atoms with Crippen LogP contribution in [0.4, 0.5) is 0 Å². The second-order valence-electron chi connectivity index (χ2n) is 5.23. The minimum atomic E-state index is -0.222. The molecule has 0 aromatic heterocycles. The maximum absolute atomic E-state index is 6.41. The lowest BCUT2D eigenvalue weighted by Crippen LogP contribution is -2.66. The Bertz CT molecular complexity index is 342. The summed E-state index contributed by atoms with van der Waals surface area (Å²) in [5.74, 6) is 0.539. The molecule has 1 aliphatic carbocycles. The van der Waals surface area contributed by atoms with E-state index in [-0.39, 0.29) is 5.54 Å². The Morgan fingerprint density at radius 2 is 2.12 bits per heavy atom. The van der Waals surface area contributed by atoms with Gasteiger partial charge < -0.3 is 16.2 Å². The van der Waals surface area contributed by atoms with Crippen LogP contribution in [0, 0.1) is 5.92 Å². The fourth-order valence-electron chi connectivity index (χ4n) is 2.69. The second-order valence-corrected chi connectivity index (χ2v) is 5.23. The molecule has 0 aromatic carbocycles. The quantitative estimate of drug-likeness (QED) is 0.679. The summed E-state index contributed by atoms with van der Waals surface area (Å²) < 4.78 is 5.20. The number of hydrogen-bond acceptors (Lipinski definition) is 4. The molecule has 2 aliphatic heterocycles. The van der Waals surface area contributed by atoms with Gasteiger partial charge in [0.1, 0.15) is 0 Å². The summed E-state index contributed by atoms with van der Waals surface area (Å²) in [6.45, 7) is 3.95. The predicted octanol–water partition coefficient (Wildman–Crippen LogP) is -0.183. The minimum Gasteiger partial charge on any atom is -0.402 e. The number of hydrogen-bond donors (Lipinski definition) is 2. The van der Waals surface area contributed by atoms with Crippen LogP contribution >= 0.6 is 0 Å². The van der Waals surface area contributed by atoms with Crippen molar-refractivity contribution >= 4 is 0 Å². The Morgan fingerprint density at radius 1 is 1.38 bits per heavy atom. The summed E-state index contributed by atoms with van der Waals surface area (Å²) in [5, 5.41) is 0. The summed E-state index contributed by atoms with van der Waals surface area (Å²) >= 11 is 0. The first-order chi connectivity index (χ1) is 7.67. The number of allylic oxidation sites excluding steroid dienone is 2. The Kier molecular flexibility index (Phi) is 2.31. The molecule has 3 aliphatic rings. The van der Waals surface area contributed by atoms with E-state index in [4.69, 9.17) is 16.2 Å². The SMILES string of the molecule is NC1=CC=CC(N)(C2CN(C3COC3)C2)C1. The summed E-state index contributed by atoms with van der Waals surface area (Å²) in [5.41, 5.74) is 12.9. The van der Waals surface area contributed by atoms with Gasteiger partial charge in [-0.3, -0.25) is 4.90 Å². The van der Waals surface area contributed by atoms with Gasteiger partial charge in [-0.05, 0) is 6.08 Å². The van der Waals surface area contributed by atoms with Crippen molar-refractivity contribution in [3.63, 3.8) is 0 Å². The molecule has 1 atom stereocenters. The van der Waals surface area contributed by atoms with E-state index in [0.717, 1.165) is 38.4 Å². The number of ether oxygens (including phenoxy) is 1. The average Bonchev–Trinajstić information content (AvgIpc) is 2.06. The van der Waals surface area contributed by atoms with E-state index in [1.807, 2.05) is 12.2 Å². The highest BCUT2D eigenvalue weighted by molar-refractivity contribution is 5.27. The van der Waals surface area contributed by atoms with E-state index >= 15 is 0 Å². The number of nitrogens with zero attached hydrogens (tertiary/aromatic N) is 1. The molecule has 0 bridgehead atoms. The lowest BCUT2D eigenvalue weighted by atomic mass is 9.74. The van der Waals surface area contributed by atoms with Crippen LogP contribution in [-0.2, 0) is 4.74 Å². The van der Waals surface area contributed by atoms with Gasteiger partial charge >= 0.3 is 0 Å². The van der Waals surface area contributed by atoms with E-state index in [1.54, 1.807) is 0 Å². The molecule has 0 radical (unpaired) electrons. The summed E-state index contributed by atoms with van der Waals surface area (Å²) in [4.78, 5) is 2.46. The van der Waals surface area contributed by atoms with Crippen LogP contribution in [0.3, 0.4) is 0 Å². The van der Waals surface area contributed by atoms with Gasteiger partial charge in [-0.2, -0.15) is 0 Å². The van der Waals surface area contributed by atoms with Gasteiger partial charge in [-0.25, -0.2) is 0 Å². The van der Waals surface area contributed by atoms with Crippen LogP contribution in [0.1, 0.15) is 6.42 Å². The standard InChI is InChI=1S/C12H19N3O/c13-10-2-1-3-12(14,4-10)9-5-15(6-9)11-7-16-8-11/h1-3,9,11H,4-8,13-14H2. The molecule has 4 N–H and O–H groups in total. The van der Waals surface area contributed by atoms with E-state index in [1.165, 1.54) is 0 Å². The first-order valence-corrected chi connectivity index (χ1v) is 5.92. The van der Waals surface area contributed by atoms with Crippen LogP contribution in [0.25, 0.3) is 0 Å². The van der Waals surface area contributed by atoms with Crippen molar-refractivity contribution in [3.8, 4) is 0 Å². The fourth-order valence-corrected chi connectivity index (χ4v) is 2.69. The molecular formula is C12H19N3O. The molecule has 0 amide bonds. The monoisotopic (exact) mass is 221 g/mol. The zero-order valence-corrected chi connectivity index (χ0v) is 9.43. The lowest BCUT2D eigenvalue weighted by Gasteiger charge is -2.53. The summed E-state index contributed by atoms with van der Waals surface area (Å²) in [6, 6.07) is 0.639. The fraction of sp³-hybridized carbons (Fsp3) is 0.667. The molecule has 2 fully saturated rings. The molecule has 0 spiro atoms. The molecule has 3 rings (SSSR count). The van der Waals surface area contributed by atoms with Gasteiger partial charge in [0, 0.05) is 36.7 Å². The Morgan fingerprint density at radius 3 is 2.69 bits per heavy atom. The first kappa shape index (κ1) is 10.3. The van der Waals surface area contributed by atoms with Crippen LogP contribution in [0.5, 0.6) is 0 Å². The summed E-state index contributed by atoms with van der Waals surface area (Å²) in [6.07, 6.45) is 6.85. The first-order valence-electron chi connectivity index (χ1n) is 5.92. The maximum atomic E-state index is 6.41. The van der Waals surface area contributed by atoms with Crippen molar-refractivity contribution < 1.29 is 4.74 Å². The van der Waals surface area contributed by atoms with Gasteiger partial charge in [-0.1, -0.05) is 12.2 Å². The second kappa shape index (κ2) is 3.58. The molecule has 2 saturated heterocycles. The molecule has 2 heterocycles. The Balaban J connectivity index is 1.59. The molecular weight excluding hydrogens is 202 g/mol. The van der Waals surface area contributed by atoms with Gasteiger partial charge in [0.15, 0.2) is 0 Å². The van der Waals surface area contributed by atoms with Crippen LogP contribution in [-0.4, -0.2) is 42.8 Å². The van der Waals surface area contributed by atoms with Crippen molar-refractivity contribution in [2.24, 2.45) is 17.4 Å². The molecule has 0 saturated carbocycles. The van der Waals surface area contributed by atoms with E-state index in [2.05, 4.69) is 11.0 Å². The summed E-state index contributed by atoms with van der Waals surface area (Å²) in [7, 11) is 0. The smallest absolute Gasteiger partial charge is 0.0645 e. The maximum Gasteiger partial charge on any atom is 0.0645 e. The van der Waals surface area contributed by atoms with Crippen molar-refractivity contribution in [3.05, 3.63) is 23.9 Å². The molecule has 4 heteroatoms. The highest BCUT2D eigenvalue weighted by Gasteiger charge is 2.45. The Labute approximate surface area is 95.9 Å². The largest absolute Gasteiger partial charge is 0.402 e. The van der Waals surface area contributed by atoms with Gasteiger partial charge in [0.25, 0.3) is 0 Å². The molecule has 88 valence electrons. The number of nitrogens with two attached hydrogens (primary N) is 2. The number of likely N-dealkylation sites (tertiary alicyclic amines) is 1. The third kappa shape index (κ3) is 1.57. The van der Waals surface area contributed by atoms with Crippen LogP contribution in [0.2, 0.25) is 0 Å². The normalized spacial score (nSPS) is 36.7. The van der Waals surface area contributed by atoms with Crippen molar-refractivity contribution in [1.82, 2.24) is 4.90 Å². The third-order valence-electron chi connectivity index (χ3n) is 4.03. The minimum absolute atomic E-state index is 0.222. The van der Waals surface area contributed by atoms with E-state index < -0.39 is 0 Å². The highest BCUT2D eigenvalue weighted by atomic mass is 16.5.